The third-order valence-corrected chi connectivity index (χ3v) is 0.622. The second-order valence-corrected chi connectivity index (χ2v) is 1.26. The number of allylic oxidation sites excluding steroid dienone is 1. The first-order chi connectivity index (χ1) is 2.91. The Kier molecular flexibility index (Phi) is 4.31. The fraction of sp³-hybridized carbons (Fsp3) is 0.500. The highest BCUT2D eigenvalue weighted by Gasteiger charge is 1.79. The minimum atomic E-state index is 1.17. The Morgan fingerprint density at radius 2 is 2.50 bits per heavy atom. The quantitative estimate of drug-likeness (QED) is 0.362. The molecule has 0 aliphatic heterocycles. The first-order valence-electron chi connectivity index (χ1n) is 2.36. The second kappa shape index (κ2) is 4.61. The Labute approximate surface area is 39.9 Å². The molecule has 6 heavy (non-hydrogen) atoms. The molecule has 0 aromatic rings. The van der Waals surface area contributed by atoms with E-state index in [2.05, 4.69) is 19.9 Å². The molecule has 0 unspecified atom stereocenters. The van der Waals surface area contributed by atoms with Gasteiger partial charge in [-0.2, -0.15) is 0 Å². The van der Waals surface area contributed by atoms with Crippen molar-refractivity contribution < 1.29 is 0 Å². The molecule has 0 rings (SSSR count). The van der Waals surface area contributed by atoms with E-state index in [1.165, 1.54) is 12.8 Å². The van der Waals surface area contributed by atoms with Gasteiger partial charge in [-0.05, 0) is 6.42 Å². The zero-order chi connectivity index (χ0) is 4.83. The van der Waals surface area contributed by atoms with E-state index >= 15 is 0 Å². The van der Waals surface area contributed by atoms with Crippen molar-refractivity contribution in [2.24, 2.45) is 0 Å². The van der Waals surface area contributed by atoms with Crippen LogP contribution in [0.15, 0.2) is 12.7 Å². The highest BCUT2D eigenvalue weighted by atomic mass is 13.8. The van der Waals surface area contributed by atoms with E-state index in [9.17, 15) is 0 Å². The van der Waals surface area contributed by atoms with Gasteiger partial charge in [0, 0.05) is 19.4 Å². The molecule has 0 aromatic heterocycles. The molecule has 0 saturated carbocycles. The van der Waals surface area contributed by atoms with Gasteiger partial charge in [-0.3, -0.25) is 0 Å². The monoisotopic (exact) mass is 83.1 g/mol. The molecular formula is C6H11+. The van der Waals surface area contributed by atoms with Crippen molar-refractivity contribution in [1.29, 1.82) is 0 Å². The molecule has 0 heteroatoms. The number of hydrogen-bond acceptors (Lipinski definition) is 0. The van der Waals surface area contributed by atoms with Crippen molar-refractivity contribution in [3.8, 4) is 0 Å². The number of unbranched alkanes of at least 4 members (excludes halogenated alkanes) is 2. The van der Waals surface area contributed by atoms with Crippen LogP contribution in [-0.4, -0.2) is 0 Å². The summed E-state index contributed by atoms with van der Waals surface area (Å²) in [5.41, 5.74) is 0. The van der Waals surface area contributed by atoms with Gasteiger partial charge in [0.15, 0.2) is 0 Å². The van der Waals surface area contributed by atoms with Crippen LogP contribution in [0, 0.1) is 6.42 Å². The molecule has 0 N–H and O–H groups in total. The molecule has 0 aromatic carbocycles. The van der Waals surface area contributed by atoms with Crippen LogP contribution in [0.4, 0.5) is 0 Å². The molecule has 0 aliphatic carbocycles. The van der Waals surface area contributed by atoms with E-state index in [-0.39, 0.29) is 0 Å². The third-order valence-electron chi connectivity index (χ3n) is 0.622. The molecule has 0 amide bonds. The summed E-state index contributed by atoms with van der Waals surface area (Å²) in [6.45, 7) is 5.70. The smallest absolute Gasteiger partial charge is 0.0634 e. The van der Waals surface area contributed by atoms with Crippen molar-refractivity contribution in [2.45, 2.75) is 19.8 Å². The van der Waals surface area contributed by atoms with Crippen molar-refractivity contribution in [1.82, 2.24) is 0 Å². The van der Waals surface area contributed by atoms with Crippen molar-refractivity contribution in [3.63, 3.8) is 0 Å². The molecule has 0 radical (unpaired) electrons. The standard InChI is InChI=1S/C6H11/c1-3-5-6-4-2/h3,5H,1,4,6H2,2H3/q+1. The molecule has 0 spiro atoms. The summed E-state index contributed by atoms with van der Waals surface area (Å²) in [6, 6.07) is 0. The second-order valence-electron chi connectivity index (χ2n) is 1.26. The highest BCUT2D eigenvalue weighted by molar-refractivity contribution is 4.84. The summed E-state index contributed by atoms with van der Waals surface area (Å²) in [4.78, 5) is 0. The summed E-state index contributed by atoms with van der Waals surface area (Å²) in [6.07, 6.45) is 6.30. The summed E-state index contributed by atoms with van der Waals surface area (Å²) in [7, 11) is 0. The zero-order valence-electron chi connectivity index (χ0n) is 4.28. The highest BCUT2D eigenvalue weighted by Crippen LogP contribution is 1.89. The summed E-state index contributed by atoms with van der Waals surface area (Å²) >= 11 is 0. The Hall–Kier alpha value is -0.390. The largest absolute Gasteiger partial charge is 0.0864 e. The molecule has 0 aliphatic rings. The lowest BCUT2D eigenvalue weighted by molar-refractivity contribution is 0.923. The maximum Gasteiger partial charge on any atom is 0.0864 e. The predicted molar refractivity (Wildman–Crippen MR) is 29.4 cm³/mol. The first kappa shape index (κ1) is 5.61. The zero-order valence-corrected chi connectivity index (χ0v) is 4.28. The van der Waals surface area contributed by atoms with Gasteiger partial charge >= 0.3 is 0 Å². The maximum absolute atomic E-state index is 3.54. The van der Waals surface area contributed by atoms with Gasteiger partial charge in [-0.25, -0.2) is 0 Å². The van der Waals surface area contributed by atoms with Gasteiger partial charge in [0.05, 0.1) is 6.08 Å². The molecule has 0 heterocycles. The van der Waals surface area contributed by atoms with Gasteiger partial charge in [-0.15, -0.1) is 0 Å². The Balaban J connectivity index is 2.49. The van der Waals surface area contributed by atoms with Gasteiger partial charge < -0.3 is 0 Å². The topological polar surface area (TPSA) is 0 Å². The van der Waals surface area contributed by atoms with Crippen molar-refractivity contribution in [3.05, 3.63) is 19.1 Å². The van der Waals surface area contributed by atoms with E-state index in [0.717, 1.165) is 0 Å². The maximum atomic E-state index is 3.54. The van der Waals surface area contributed by atoms with Gasteiger partial charge in [0.2, 0.25) is 0 Å². The Morgan fingerprint density at radius 1 is 1.83 bits per heavy atom. The summed E-state index contributed by atoms with van der Waals surface area (Å²) < 4.78 is 0. The minimum absolute atomic E-state index is 1.17. The molecule has 34 valence electrons. The van der Waals surface area contributed by atoms with Crippen LogP contribution >= 0.6 is 0 Å². The molecule has 0 nitrogen and oxygen atoms in total. The predicted octanol–water partition coefficient (Wildman–Crippen LogP) is 2.18. The average Bonchev–Trinajstić information content (AvgIpc) is 1.61. The van der Waals surface area contributed by atoms with Gasteiger partial charge in [0.25, 0.3) is 0 Å². The van der Waals surface area contributed by atoms with Gasteiger partial charge in [-0.1, -0.05) is 6.92 Å². The van der Waals surface area contributed by atoms with Crippen LogP contribution in [0.25, 0.3) is 0 Å². The van der Waals surface area contributed by atoms with E-state index in [4.69, 9.17) is 0 Å². The third kappa shape index (κ3) is 3.61. The van der Waals surface area contributed by atoms with E-state index in [1.54, 1.807) is 0 Å². The van der Waals surface area contributed by atoms with Crippen LogP contribution in [0.1, 0.15) is 19.8 Å². The SMILES string of the molecule is C=C[CH+]CCC. The first-order valence-corrected chi connectivity index (χ1v) is 2.36. The molecular weight excluding hydrogens is 72.1 g/mol. The van der Waals surface area contributed by atoms with Crippen LogP contribution in [0.5, 0.6) is 0 Å². The molecule has 0 atom stereocenters. The van der Waals surface area contributed by atoms with Crippen molar-refractivity contribution >= 4 is 0 Å². The number of hydrogen-bond donors (Lipinski definition) is 0. The van der Waals surface area contributed by atoms with Crippen LogP contribution < -0.4 is 0 Å². The lowest BCUT2D eigenvalue weighted by Gasteiger charge is -1.74. The Morgan fingerprint density at radius 3 is 2.67 bits per heavy atom. The lowest BCUT2D eigenvalue weighted by Crippen LogP contribution is -1.63. The van der Waals surface area contributed by atoms with Crippen LogP contribution in [0.2, 0.25) is 0 Å². The molecule has 0 saturated heterocycles. The molecule has 0 bridgehead atoms. The average molecular weight is 83.2 g/mol. The van der Waals surface area contributed by atoms with Gasteiger partial charge in [0.1, 0.15) is 0 Å². The molecule has 0 fully saturated rings. The summed E-state index contributed by atoms with van der Waals surface area (Å²) in [5.74, 6) is 0. The van der Waals surface area contributed by atoms with E-state index in [1.807, 2.05) is 6.08 Å². The van der Waals surface area contributed by atoms with E-state index < -0.39 is 0 Å². The lowest BCUT2D eigenvalue weighted by atomic mass is 10.3. The van der Waals surface area contributed by atoms with Crippen LogP contribution in [0.3, 0.4) is 0 Å². The van der Waals surface area contributed by atoms with Crippen molar-refractivity contribution in [2.75, 3.05) is 0 Å². The summed E-state index contributed by atoms with van der Waals surface area (Å²) in [5, 5.41) is 0. The minimum Gasteiger partial charge on any atom is -0.0634 e. The van der Waals surface area contributed by atoms with E-state index in [0.29, 0.717) is 0 Å². The fourth-order valence-electron chi connectivity index (χ4n) is 0.285. The van der Waals surface area contributed by atoms with Crippen LogP contribution in [-0.2, 0) is 0 Å². The fourth-order valence-corrected chi connectivity index (χ4v) is 0.285. The normalized spacial score (nSPS) is 7.50. The Bertz CT molecular complexity index is 29.0. The number of rotatable bonds is 3.